The molecule has 1 rings (SSSR count). The van der Waals surface area contributed by atoms with Crippen LogP contribution in [0.1, 0.15) is 20.3 Å². The normalized spacial score (nSPS) is 24.9. The van der Waals surface area contributed by atoms with Gasteiger partial charge in [-0.3, -0.25) is 0 Å². The molecule has 1 aliphatic heterocycles. The zero-order chi connectivity index (χ0) is 10.8. The van der Waals surface area contributed by atoms with Crippen LogP contribution < -0.4 is 10.6 Å². The lowest BCUT2D eigenvalue weighted by atomic mass is 10.3. The van der Waals surface area contributed by atoms with Crippen molar-refractivity contribution in [3.63, 3.8) is 0 Å². The van der Waals surface area contributed by atoms with Crippen LogP contribution in [0.15, 0.2) is 0 Å². The van der Waals surface area contributed by atoms with Crippen molar-refractivity contribution in [2.24, 2.45) is 0 Å². The zero-order valence-electron chi connectivity index (χ0n) is 8.41. The average molecular weight is 220 g/mol. The molecule has 0 spiro atoms. The number of carbonyl (C=O) groups is 1. The Kier molecular flexibility index (Phi) is 3.36. The van der Waals surface area contributed by atoms with Crippen LogP contribution in [0.2, 0.25) is 0 Å². The van der Waals surface area contributed by atoms with Crippen molar-refractivity contribution in [1.29, 1.82) is 0 Å². The van der Waals surface area contributed by atoms with Gasteiger partial charge in [-0.2, -0.15) is 0 Å². The van der Waals surface area contributed by atoms with E-state index in [4.69, 9.17) is 0 Å². The Morgan fingerprint density at radius 3 is 2.50 bits per heavy atom. The number of hydrogen-bond donors (Lipinski definition) is 2. The second-order valence-electron chi connectivity index (χ2n) is 3.87. The summed E-state index contributed by atoms with van der Waals surface area (Å²) in [4.78, 5) is 11.2. The van der Waals surface area contributed by atoms with Crippen LogP contribution in [0, 0.1) is 0 Å². The Hall–Kier alpha value is -0.780. The topological polar surface area (TPSA) is 75.3 Å². The molecule has 0 aliphatic carbocycles. The summed E-state index contributed by atoms with van der Waals surface area (Å²) in [5.41, 5.74) is 0. The number of nitrogens with one attached hydrogen (secondary N) is 2. The third-order valence-corrected chi connectivity index (χ3v) is 3.76. The van der Waals surface area contributed by atoms with Gasteiger partial charge in [-0.1, -0.05) is 0 Å². The molecule has 1 unspecified atom stereocenters. The number of sulfone groups is 1. The maximum absolute atomic E-state index is 11.2. The summed E-state index contributed by atoms with van der Waals surface area (Å²) < 4.78 is 22.1. The van der Waals surface area contributed by atoms with Crippen LogP contribution >= 0.6 is 0 Å². The second-order valence-corrected chi connectivity index (χ2v) is 6.10. The van der Waals surface area contributed by atoms with E-state index in [1.807, 2.05) is 13.8 Å². The van der Waals surface area contributed by atoms with E-state index in [1.165, 1.54) is 0 Å². The van der Waals surface area contributed by atoms with Crippen LogP contribution in [-0.4, -0.2) is 38.0 Å². The molecule has 0 bridgehead atoms. The van der Waals surface area contributed by atoms with Crippen LogP contribution in [-0.2, 0) is 9.84 Å². The summed E-state index contributed by atoms with van der Waals surface area (Å²) in [6.07, 6.45) is 0.522. The third kappa shape index (κ3) is 3.53. The molecular weight excluding hydrogens is 204 g/mol. The van der Waals surface area contributed by atoms with Gasteiger partial charge in [0.2, 0.25) is 0 Å². The maximum atomic E-state index is 11.2. The van der Waals surface area contributed by atoms with E-state index in [9.17, 15) is 13.2 Å². The first-order valence-electron chi connectivity index (χ1n) is 4.66. The summed E-state index contributed by atoms with van der Waals surface area (Å²) in [6.45, 7) is 3.70. The molecule has 1 heterocycles. The fourth-order valence-electron chi connectivity index (χ4n) is 1.40. The number of carbonyl (C=O) groups excluding carboxylic acids is 1. The van der Waals surface area contributed by atoms with Gasteiger partial charge in [0, 0.05) is 12.1 Å². The minimum absolute atomic E-state index is 0.0630. The summed E-state index contributed by atoms with van der Waals surface area (Å²) in [6, 6.07) is -0.450. The van der Waals surface area contributed by atoms with E-state index in [2.05, 4.69) is 10.6 Å². The Balaban J connectivity index is 2.36. The minimum Gasteiger partial charge on any atom is -0.336 e. The number of amides is 2. The van der Waals surface area contributed by atoms with Gasteiger partial charge in [0.15, 0.2) is 9.84 Å². The molecule has 0 aromatic rings. The highest BCUT2D eigenvalue weighted by atomic mass is 32.2. The summed E-state index contributed by atoms with van der Waals surface area (Å²) in [5, 5.41) is 5.29. The molecule has 1 saturated heterocycles. The van der Waals surface area contributed by atoms with E-state index in [1.54, 1.807) is 0 Å². The van der Waals surface area contributed by atoms with Crippen molar-refractivity contribution >= 4 is 15.9 Å². The molecule has 1 aliphatic rings. The lowest BCUT2D eigenvalue weighted by Gasteiger charge is -2.13. The Bertz CT molecular complexity index is 311. The number of hydrogen-bond acceptors (Lipinski definition) is 3. The summed E-state index contributed by atoms with van der Waals surface area (Å²) >= 11 is 0. The Morgan fingerprint density at radius 2 is 2.07 bits per heavy atom. The highest BCUT2D eigenvalue weighted by molar-refractivity contribution is 7.91. The maximum Gasteiger partial charge on any atom is 0.315 e. The quantitative estimate of drug-likeness (QED) is 0.681. The zero-order valence-corrected chi connectivity index (χ0v) is 9.23. The van der Waals surface area contributed by atoms with Crippen LogP contribution in [0.4, 0.5) is 4.79 Å². The summed E-state index contributed by atoms with van der Waals surface area (Å²) in [7, 11) is -2.91. The second kappa shape index (κ2) is 4.16. The van der Waals surface area contributed by atoms with Crippen molar-refractivity contribution in [3.05, 3.63) is 0 Å². The standard InChI is InChI=1S/C8H16N2O3S/c1-6(2)9-8(11)10-7-3-4-14(12,13)5-7/h6-7H,3-5H2,1-2H3,(H2,9,10,11). The fraction of sp³-hybridized carbons (Fsp3) is 0.875. The van der Waals surface area contributed by atoms with E-state index < -0.39 is 9.84 Å². The van der Waals surface area contributed by atoms with Crippen molar-refractivity contribution in [1.82, 2.24) is 10.6 Å². The molecular formula is C8H16N2O3S. The molecule has 6 heteroatoms. The van der Waals surface area contributed by atoms with Crippen molar-refractivity contribution in [2.45, 2.75) is 32.4 Å². The molecule has 0 aromatic carbocycles. The van der Waals surface area contributed by atoms with Crippen LogP contribution in [0.3, 0.4) is 0 Å². The lowest BCUT2D eigenvalue weighted by molar-refractivity contribution is 0.235. The van der Waals surface area contributed by atoms with E-state index >= 15 is 0 Å². The van der Waals surface area contributed by atoms with Crippen LogP contribution in [0.25, 0.3) is 0 Å². The molecule has 82 valence electrons. The van der Waals surface area contributed by atoms with Crippen molar-refractivity contribution < 1.29 is 13.2 Å². The van der Waals surface area contributed by atoms with Gasteiger partial charge < -0.3 is 10.6 Å². The average Bonchev–Trinajstić information content (AvgIpc) is 2.27. The SMILES string of the molecule is CC(C)NC(=O)NC1CCS(=O)(=O)C1. The predicted molar refractivity (Wildman–Crippen MR) is 53.9 cm³/mol. The van der Waals surface area contributed by atoms with Gasteiger partial charge in [-0.15, -0.1) is 0 Å². The van der Waals surface area contributed by atoms with Gasteiger partial charge in [0.05, 0.1) is 11.5 Å². The molecule has 14 heavy (non-hydrogen) atoms. The van der Waals surface area contributed by atoms with Gasteiger partial charge in [0.25, 0.3) is 0 Å². The first-order valence-corrected chi connectivity index (χ1v) is 6.48. The van der Waals surface area contributed by atoms with Crippen LogP contribution in [0.5, 0.6) is 0 Å². The minimum atomic E-state index is -2.91. The Labute approximate surface area is 84.2 Å². The monoisotopic (exact) mass is 220 g/mol. The van der Waals surface area contributed by atoms with E-state index in [0.717, 1.165) is 0 Å². The molecule has 0 radical (unpaired) electrons. The number of rotatable bonds is 2. The van der Waals surface area contributed by atoms with Gasteiger partial charge >= 0.3 is 6.03 Å². The van der Waals surface area contributed by atoms with Crippen molar-refractivity contribution in [2.75, 3.05) is 11.5 Å². The molecule has 0 aromatic heterocycles. The molecule has 2 amide bonds. The molecule has 2 N–H and O–H groups in total. The smallest absolute Gasteiger partial charge is 0.315 e. The van der Waals surface area contributed by atoms with E-state index in [-0.39, 0.29) is 29.6 Å². The fourth-order valence-corrected chi connectivity index (χ4v) is 3.07. The molecule has 1 fully saturated rings. The highest BCUT2D eigenvalue weighted by Gasteiger charge is 2.28. The van der Waals surface area contributed by atoms with Gasteiger partial charge in [-0.25, -0.2) is 13.2 Å². The van der Waals surface area contributed by atoms with E-state index in [0.29, 0.717) is 6.42 Å². The number of urea groups is 1. The van der Waals surface area contributed by atoms with Gasteiger partial charge in [0.1, 0.15) is 0 Å². The molecule has 1 atom stereocenters. The third-order valence-electron chi connectivity index (χ3n) is 1.99. The first kappa shape index (κ1) is 11.3. The lowest BCUT2D eigenvalue weighted by Crippen LogP contribution is -2.45. The largest absolute Gasteiger partial charge is 0.336 e. The molecule has 0 saturated carbocycles. The Morgan fingerprint density at radius 1 is 1.43 bits per heavy atom. The first-order chi connectivity index (χ1) is 6.39. The highest BCUT2D eigenvalue weighted by Crippen LogP contribution is 2.10. The summed E-state index contributed by atoms with van der Waals surface area (Å²) in [5.74, 6) is 0.248. The van der Waals surface area contributed by atoms with Gasteiger partial charge in [-0.05, 0) is 20.3 Å². The van der Waals surface area contributed by atoms with Crippen molar-refractivity contribution in [3.8, 4) is 0 Å². The predicted octanol–water partition coefficient (Wildman–Crippen LogP) is -0.119. The molecule has 5 nitrogen and oxygen atoms in total.